The van der Waals surface area contributed by atoms with Crippen LogP contribution >= 0.6 is 11.3 Å². The van der Waals surface area contributed by atoms with Crippen molar-refractivity contribution in [2.45, 2.75) is 6.42 Å². The van der Waals surface area contributed by atoms with Gasteiger partial charge in [-0.05, 0) is 17.7 Å². The molecule has 21 heavy (non-hydrogen) atoms. The minimum atomic E-state index is -0.959. The summed E-state index contributed by atoms with van der Waals surface area (Å²) in [5.74, 6) is -0.959. The quantitative estimate of drug-likeness (QED) is 0.800. The third kappa shape index (κ3) is 3.14. The van der Waals surface area contributed by atoms with Gasteiger partial charge in [-0.1, -0.05) is 30.3 Å². The molecular weight excluding hydrogens is 284 g/mol. The van der Waals surface area contributed by atoms with Crippen LogP contribution in [-0.2, 0) is 6.42 Å². The van der Waals surface area contributed by atoms with Crippen molar-refractivity contribution in [3.8, 4) is 10.7 Å². The smallest absolute Gasteiger partial charge is 0.335 e. The van der Waals surface area contributed by atoms with Crippen molar-refractivity contribution >= 4 is 17.3 Å². The van der Waals surface area contributed by atoms with Gasteiger partial charge >= 0.3 is 5.97 Å². The first-order valence-electron chi connectivity index (χ1n) is 6.40. The molecule has 0 radical (unpaired) electrons. The molecule has 0 unspecified atom stereocenters. The molecular formula is C16H12N2O2S. The maximum atomic E-state index is 11.0. The third-order valence-electron chi connectivity index (χ3n) is 3.01. The van der Waals surface area contributed by atoms with Crippen molar-refractivity contribution in [1.29, 1.82) is 0 Å². The van der Waals surface area contributed by atoms with E-state index in [1.54, 1.807) is 6.07 Å². The van der Waals surface area contributed by atoms with Crippen LogP contribution in [0.2, 0.25) is 0 Å². The van der Waals surface area contributed by atoms with E-state index in [0.29, 0.717) is 5.69 Å². The van der Waals surface area contributed by atoms with Crippen LogP contribution in [0.15, 0.2) is 54.0 Å². The van der Waals surface area contributed by atoms with Gasteiger partial charge in [-0.15, -0.1) is 11.3 Å². The van der Waals surface area contributed by atoms with Crippen molar-refractivity contribution in [3.63, 3.8) is 0 Å². The average Bonchev–Trinajstić information content (AvgIpc) is 2.97. The maximum Gasteiger partial charge on any atom is 0.335 e. The maximum absolute atomic E-state index is 11.0. The molecule has 0 bridgehead atoms. The van der Waals surface area contributed by atoms with Crippen LogP contribution in [0.4, 0.5) is 0 Å². The standard InChI is InChI=1S/C16H12N2O2S/c19-16(20)12-6-7-17-14(9-12)15-18-13(10-21-15)8-11-4-2-1-3-5-11/h1-7,9-10H,8H2,(H,19,20). The minimum absolute atomic E-state index is 0.222. The van der Waals surface area contributed by atoms with E-state index in [-0.39, 0.29) is 5.56 Å². The molecule has 0 atom stereocenters. The molecule has 5 heteroatoms. The highest BCUT2D eigenvalue weighted by Crippen LogP contribution is 2.23. The van der Waals surface area contributed by atoms with E-state index in [9.17, 15) is 4.79 Å². The molecule has 0 fully saturated rings. The second-order valence-electron chi connectivity index (χ2n) is 4.54. The summed E-state index contributed by atoms with van der Waals surface area (Å²) < 4.78 is 0. The Morgan fingerprint density at radius 3 is 2.76 bits per heavy atom. The molecule has 4 nitrogen and oxygen atoms in total. The predicted octanol–water partition coefficient (Wildman–Crippen LogP) is 3.49. The van der Waals surface area contributed by atoms with Gasteiger partial charge in [0.1, 0.15) is 5.01 Å². The van der Waals surface area contributed by atoms with E-state index < -0.39 is 5.97 Å². The summed E-state index contributed by atoms with van der Waals surface area (Å²) in [6.07, 6.45) is 2.26. The van der Waals surface area contributed by atoms with Crippen LogP contribution in [-0.4, -0.2) is 21.0 Å². The molecule has 0 aliphatic rings. The number of carbonyl (C=O) groups is 1. The number of pyridine rings is 1. The molecule has 0 spiro atoms. The SMILES string of the molecule is O=C(O)c1ccnc(-c2nc(Cc3ccccc3)cs2)c1. The van der Waals surface area contributed by atoms with Gasteiger partial charge < -0.3 is 5.11 Å². The highest BCUT2D eigenvalue weighted by Gasteiger charge is 2.10. The van der Waals surface area contributed by atoms with Crippen molar-refractivity contribution in [2.75, 3.05) is 0 Å². The molecule has 3 aromatic rings. The predicted molar refractivity (Wildman–Crippen MR) is 81.6 cm³/mol. The Morgan fingerprint density at radius 2 is 2.00 bits per heavy atom. The summed E-state index contributed by atoms with van der Waals surface area (Å²) in [6, 6.07) is 13.1. The first-order valence-corrected chi connectivity index (χ1v) is 7.28. The molecule has 3 rings (SSSR count). The van der Waals surface area contributed by atoms with Crippen LogP contribution in [0.5, 0.6) is 0 Å². The summed E-state index contributed by atoms with van der Waals surface area (Å²) in [7, 11) is 0. The Hall–Kier alpha value is -2.53. The normalized spacial score (nSPS) is 10.5. The summed E-state index contributed by atoms with van der Waals surface area (Å²) in [5, 5.41) is 11.7. The van der Waals surface area contributed by atoms with Crippen LogP contribution in [0.25, 0.3) is 10.7 Å². The lowest BCUT2D eigenvalue weighted by molar-refractivity contribution is 0.0697. The molecule has 0 saturated carbocycles. The number of hydrogen-bond acceptors (Lipinski definition) is 4. The lowest BCUT2D eigenvalue weighted by atomic mass is 10.1. The van der Waals surface area contributed by atoms with Crippen molar-refractivity contribution in [1.82, 2.24) is 9.97 Å². The van der Waals surface area contributed by atoms with Crippen molar-refractivity contribution < 1.29 is 9.90 Å². The summed E-state index contributed by atoms with van der Waals surface area (Å²) in [4.78, 5) is 19.7. The van der Waals surface area contributed by atoms with E-state index in [1.807, 2.05) is 23.6 Å². The van der Waals surface area contributed by atoms with Gasteiger partial charge in [0.2, 0.25) is 0 Å². The Morgan fingerprint density at radius 1 is 1.19 bits per heavy atom. The van der Waals surface area contributed by atoms with Gasteiger partial charge in [0.15, 0.2) is 0 Å². The molecule has 0 saturated heterocycles. The van der Waals surface area contributed by atoms with Gasteiger partial charge in [-0.3, -0.25) is 4.98 Å². The van der Waals surface area contributed by atoms with Gasteiger partial charge in [0, 0.05) is 18.0 Å². The van der Waals surface area contributed by atoms with Crippen molar-refractivity contribution in [3.05, 3.63) is 70.9 Å². The van der Waals surface area contributed by atoms with Crippen molar-refractivity contribution in [2.24, 2.45) is 0 Å². The topological polar surface area (TPSA) is 63.1 Å². The zero-order valence-corrected chi connectivity index (χ0v) is 11.9. The second-order valence-corrected chi connectivity index (χ2v) is 5.40. The van der Waals surface area contributed by atoms with E-state index in [2.05, 4.69) is 22.1 Å². The molecule has 0 aliphatic carbocycles. The highest BCUT2D eigenvalue weighted by atomic mass is 32.1. The zero-order valence-electron chi connectivity index (χ0n) is 11.1. The summed E-state index contributed by atoms with van der Waals surface area (Å²) in [5.41, 5.74) is 2.98. The number of aromatic carboxylic acids is 1. The molecule has 1 N–H and O–H groups in total. The Balaban J connectivity index is 1.85. The number of carboxylic acid groups (broad SMARTS) is 1. The first kappa shape index (κ1) is 13.5. The number of nitrogens with zero attached hydrogens (tertiary/aromatic N) is 2. The third-order valence-corrected chi connectivity index (χ3v) is 3.92. The zero-order chi connectivity index (χ0) is 14.7. The van der Waals surface area contributed by atoms with E-state index in [0.717, 1.165) is 17.1 Å². The number of carboxylic acids is 1. The Bertz CT molecular complexity index is 769. The lowest BCUT2D eigenvalue weighted by Gasteiger charge is -1.98. The average molecular weight is 296 g/mol. The summed E-state index contributed by atoms with van der Waals surface area (Å²) in [6.45, 7) is 0. The Labute approximate surface area is 125 Å². The van der Waals surface area contributed by atoms with Gasteiger partial charge in [0.05, 0.1) is 17.0 Å². The fraction of sp³-hybridized carbons (Fsp3) is 0.0625. The van der Waals surface area contributed by atoms with Crippen LogP contribution in [0.3, 0.4) is 0 Å². The number of rotatable bonds is 4. The fourth-order valence-corrected chi connectivity index (χ4v) is 2.78. The van der Waals surface area contributed by atoms with Gasteiger partial charge in [-0.25, -0.2) is 9.78 Å². The molecule has 2 aromatic heterocycles. The number of aromatic nitrogens is 2. The van der Waals surface area contributed by atoms with E-state index in [1.165, 1.54) is 29.2 Å². The van der Waals surface area contributed by atoms with Gasteiger partial charge in [0.25, 0.3) is 0 Å². The number of benzene rings is 1. The number of thiazole rings is 1. The molecule has 2 heterocycles. The summed E-state index contributed by atoms with van der Waals surface area (Å²) >= 11 is 1.48. The van der Waals surface area contributed by atoms with E-state index >= 15 is 0 Å². The van der Waals surface area contributed by atoms with E-state index in [4.69, 9.17) is 5.11 Å². The van der Waals surface area contributed by atoms with Crippen LogP contribution in [0, 0.1) is 0 Å². The molecule has 104 valence electrons. The van der Waals surface area contributed by atoms with Crippen LogP contribution in [0.1, 0.15) is 21.6 Å². The fourth-order valence-electron chi connectivity index (χ4n) is 1.99. The monoisotopic (exact) mass is 296 g/mol. The van der Waals surface area contributed by atoms with Gasteiger partial charge in [-0.2, -0.15) is 0 Å². The number of hydrogen-bond donors (Lipinski definition) is 1. The molecule has 0 aliphatic heterocycles. The van der Waals surface area contributed by atoms with Crippen LogP contribution < -0.4 is 0 Å². The lowest BCUT2D eigenvalue weighted by Crippen LogP contribution is -1.97. The molecule has 1 aromatic carbocycles. The molecule has 0 amide bonds. The largest absolute Gasteiger partial charge is 0.478 e. The highest BCUT2D eigenvalue weighted by molar-refractivity contribution is 7.13. The first-order chi connectivity index (χ1) is 10.2. The Kier molecular flexibility index (Phi) is 3.75. The minimum Gasteiger partial charge on any atom is -0.478 e. The second kappa shape index (κ2) is 5.85.